The summed E-state index contributed by atoms with van der Waals surface area (Å²) in [6, 6.07) is 88.0. The van der Waals surface area contributed by atoms with Crippen LogP contribution in [0.15, 0.2) is 243 Å². The van der Waals surface area contributed by atoms with E-state index in [1.807, 2.05) is 0 Å². The molecule has 0 saturated heterocycles. The van der Waals surface area contributed by atoms with Gasteiger partial charge in [0.2, 0.25) is 0 Å². The molecular formula is C58H40N2. The molecule has 2 nitrogen and oxygen atoms in total. The monoisotopic (exact) mass is 764 g/mol. The van der Waals surface area contributed by atoms with Crippen molar-refractivity contribution >= 4 is 49.6 Å². The Morgan fingerprint density at radius 3 is 1.32 bits per heavy atom. The van der Waals surface area contributed by atoms with Gasteiger partial charge in [0.1, 0.15) is 0 Å². The molecular weight excluding hydrogens is 725 g/mol. The summed E-state index contributed by atoms with van der Waals surface area (Å²) >= 11 is 0. The van der Waals surface area contributed by atoms with Crippen molar-refractivity contribution in [1.29, 1.82) is 0 Å². The summed E-state index contributed by atoms with van der Waals surface area (Å²) in [6.45, 7) is 0. The van der Waals surface area contributed by atoms with Crippen LogP contribution in [0.2, 0.25) is 0 Å². The first-order valence-electron chi connectivity index (χ1n) is 20.6. The molecule has 0 amide bonds. The van der Waals surface area contributed by atoms with Crippen molar-refractivity contribution in [2.75, 3.05) is 4.90 Å². The molecule has 11 aromatic rings. The van der Waals surface area contributed by atoms with E-state index in [0.29, 0.717) is 0 Å². The van der Waals surface area contributed by atoms with Crippen LogP contribution >= 0.6 is 0 Å². The van der Waals surface area contributed by atoms with Crippen LogP contribution in [-0.4, -0.2) is 4.57 Å². The zero-order chi connectivity index (χ0) is 39.8. The van der Waals surface area contributed by atoms with Gasteiger partial charge in [0, 0.05) is 33.5 Å². The van der Waals surface area contributed by atoms with Gasteiger partial charge in [-0.05, 0) is 122 Å². The molecule has 1 heterocycles. The molecule has 10 aromatic carbocycles. The Kier molecular flexibility index (Phi) is 8.87. The molecule has 0 N–H and O–H groups in total. The highest BCUT2D eigenvalue weighted by Crippen LogP contribution is 2.42. The van der Waals surface area contributed by atoms with E-state index < -0.39 is 0 Å². The number of rotatable bonds is 8. The van der Waals surface area contributed by atoms with E-state index in [1.54, 1.807) is 0 Å². The minimum atomic E-state index is 1.08. The third-order valence-corrected chi connectivity index (χ3v) is 11.7. The fourth-order valence-corrected chi connectivity index (χ4v) is 8.76. The molecule has 0 spiro atoms. The number of hydrogen-bond acceptors (Lipinski definition) is 1. The first-order chi connectivity index (χ1) is 29.7. The third-order valence-electron chi connectivity index (χ3n) is 11.7. The number of hydrogen-bond donors (Lipinski definition) is 0. The second kappa shape index (κ2) is 15.1. The van der Waals surface area contributed by atoms with Gasteiger partial charge in [-0.1, -0.05) is 176 Å². The zero-order valence-corrected chi connectivity index (χ0v) is 33.0. The Morgan fingerprint density at radius 1 is 0.250 bits per heavy atom. The number of benzene rings is 10. The Labute approximate surface area is 350 Å². The number of aromatic nitrogens is 1. The van der Waals surface area contributed by atoms with E-state index in [4.69, 9.17) is 0 Å². The van der Waals surface area contributed by atoms with Crippen LogP contribution in [0.25, 0.3) is 82.8 Å². The smallest absolute Gasteiger partial charge is 0.0561 e. The molecule has 0 saturated carbocycles. The molecule has 1 aromatic heterocycles. The predicted octanol–water partition coefficient (Wildman–Crippen LogP) is 16.1. The highest BCUT2D eigenvalue weighted by molar-refractivity contribution is 6.10. The molecule has 282 valence electrons. The molecule has 2 heteroatoms. The van der Waals surface area contributed by atoms with Crippen molar-refractivity contribution in [3.63, 3.8) is 0 Å². The van der Waals surface area contributed by atoms with E-state index in [2.05, 4.69) is 252 Å². The molecule has 0 unspecified atom stereocenters. The van der Waals surface area contributed by atoms with Gasteiger partial charge in [0.05, 0.1) is 11.0 Å². The summed E-state index contributed by atoms with van der Waals surface area (Å²) in [5, 5.41) is 4.91. The molecule has 0 atom stereocenters. The van der Waals surface area contributed by atoms with Crippen molar-refractivity contribution in [2.24, 2.45) is 0 Å². The molecule has 60 heavy (non-hydrogen) atoms. The fraction of sp³-hybridized carbons (Fsp3) is 0. The largest absolute Gasteiger partial charge is 0.310 e. The van der Waals surface area contributed by atoms with Gasteiger partial charge in [0.15, 0.2) is 0 Å². The van der Waals surface area contributed by atoms with E-state index >= 15 is 0 Å². The maximum Gasteiger partial charge on any atom is 0.0561 e. The van der Waals surface area contributed by atoms with Crippen LogP contribution in [-0.2, 0) is 0 Å². The summed E-state index contributed by atoms with van der Waals surface area (Å²) in [7, 11) is 0. The Hall–Kier alpha value is -7.94. The molecule has 0 radical (unpaired) electrons. The lowest BCUT2D eigenvalue weighted by Gasteiger charge is -2.26. The van der Waals surface area contributed by atoms with E-state index in [0.717, 1.165) is 28.3 Å². The summed E-state index contributed by atoms with van der Waals surface area (Å²) < 4.78 is 2.46. The van der Waals surface area contributed by atoms with Crippen LogP contribution in [0.4, 0.5) is 17.1 Å². The highest BCUT2D eigenvalue weighted by atomic mass is 15.1. The molecule has 0 aliphatic carbocycles. The first kappa shape index (κ1) is 35.2. The Bertz CT molecular complexity index is 3190. The van der Waals surface area contributed by atoms with Gasteiger partial charge in [-0.25, -0.2) is 0 Å². The number of fused-ring (bicyclic) bond motifs is 4. The lowest BCUT2D eigenvalue weighted by atomic mass is 9.96. The normalized spacial score (nSPS) is 11.3. The number of nitrogens with zero attached hydrogens (tertiary/aromatic N) is 2. The second-order valence-electron chi connectivity index (χ2n) is 15.4. The maximum absolute atomic E-state index is 2.46. The lowest BCUT2D eigenvalue weighted by Crippen LogP contribution is -2.10. The first-order valence-corrected chi connectivity index (χ1v) is 20.6. The van der Waals surface area contributed by atoms with Gasteiger partial charge in [-0.15, -0.1) is 0 Å². The average molecular weight is 765 g/mol. The predicted molar refractivity (Wildman–Crippen MR) is 255 cm³/mol. The minimum Gasteiger partial charge on any atom is -0.310 e. The number of para-hydroxylation sites is 1. The Morgan fingerprint density at radius 2 is 0.700 bits per heavy atom. The standard InChI is InChI=1S/C58H40N2/c1-4-14-41(15-5-1)45-26-30-51(31-27-45)59(52-32-28-46(29-33-52)42-16-6-2-7-17-42)53-34-35-56-55-22-12-13-23-57(55)60(58(56)40-53)54-38-49(43-18-8-3-9-19-43)37-50(39-54)48-25-24-44-20-10-11-21-47(44)36-48/h1-40H. The summed E-state index contributed by atoms with van der Waals surface area (Å²) in [5.74, 6) is 0. The molecule has 11 rings (SSSR count). The van der Waals surface area contributed by atoms with Crippen LogP contribution in [0.3, 0.4) is 0 Å². The van der Waals surface area contributed by atoms with Crippen molar-refractivity contribution in [3.05, 3.63) is 243 Å². The molecule has 0 aliphatic rings. The van der Waals surface area contributed by atoms with Crippen molar-refractivity contribution < 1.29 is 0 Å². The third kappa shape index (κ3) is 6.51. The fourth-order valence-electron chi connectivity index (χ4n) is 8.76. The topological polar surface area (TPSA) is 8.17 Å². The maximum atomic E-state index is 2.46. The van der Waals surface area contributed by atoms with Crippen molar-refractivity contribution in [2.45, 2.75) is 0 Å². The average Bonchev–Trinajstić information content (AvgIpc) is 3.66. The van der Waals surface area contributed by atoms with E-state index in [1.165, 1.54) is 71.6 Å². The quantitative estimate of drug-likeness (QED) is 0.150. The lowest BCUT2D eigenvalue weighted by molar-refractivity contribution is 1.18. The highest BCUT2D eigenvalue weighted by Gasteiger charge is 2.19. The zero-order valence-electron chi connectivity index (χ0n) is 33.0. The van der Waals surface area contributed by atoms with Crippen LogP contribution < -0.4 is 4.90 Å². The summed E-state index contributed by atoms with van der Waals surface area (Å²) in [6.07, 6.45) is 0. The van der Waals surface area contributed by atoms with Crippen LogP contribution in [0.5, 0.6) is 0 Å². The summed E-state index contributed by atoms with van der Waals surface area (Å²) in [5.41, 5.74) is 16.2. The van der Waals surface area contributed by atoms with Crippen molar-refractivity contribution in [3.8, 4) is 50.2 Å². The molecule has 0 aliphatic heterocycles. The minimum absolute atomic E-state index is 1.08. The van der Waals surface area contributed by atoms with Crippen LogP contribution in [0, 0.1) is 0 Å². The van der Waals surface area contributed by atoms with E-state index in [-0.39, 0.29) is 0 Å². The van der Waals surface area contributed by atoms with Gasteiger partial charge in [-0.2, -0.15) is 0 Å². The van der Waals surface area contributed by atoms with Crippen LogP contribution in [0.1, 0.15) is 0 Å². The van der Waals surface area contributed by atoms with Crippen molar-refractivity contribution in [1.82, 2.24) is 4.57 Å². The van der Waals surface area contributed by atoms with Gasteiger partial charge in [0.25, 0.3) is 0 Å². The van der Waals surface area contributed by atoms with E-state index in [9.17, 15) is 0 Å². The molecule has 0 fully saturated rings. The summed E-state index contributed by atoms with van der Waals surface area (Å²) in [4.78, 5) is 2.38. The van der Waals surface area contributed by atoms with Gasteiger partial charge in [-0.3, -0.25) is 0 Å². The molecule has 0 bridgehead atoms. The second-order valence-corrected chi connectivity index (χ2v) is 15.4. The number of anilines is 3. The van der Waals surface area contributed by atoms with Gasteiger partial charge >= 0.3 is 0 Å². The van der Waals surface area contributed by atoms with Gasteiger partial charge < -0.3 is 9.47 Å². The Balaban J connectivity index is 1.11. The SMILES string of the molecule is c1ccc(-c2ccc(N(c3ccc(-c4ccccc4)cc3)c3ccc4c5ccccc5n(-c5cc(-c6ccccc6)cc(-c6ccc7ccccc7c6)c5)c4c3)cc2)cc1.